The maximum atomic E-state index is 3.31. The van der Waals surface area contributed by atoms with Gasteiger partial charge < -0.3 is 5.32 Å². The highest BCUT2D eigenvalue weighted by atomic mass is 14.9. The van der Waals surface area contributed by atoms with Crippen molar-refractivity contribution in [3.05, 3.63) is 12.2 Å². The van der Waals surface area contributed by atoms with Gasteiger partial charge in [0.2, 0.25) is 0 Å². The van der Waals surface area contributed by atoms with E-state index in [1.165, 1.54) is 0 Å². The molecule has 0 aromatic rings. The van der Waals surface area contributed by atoms with Crippen molar-refractivity contribution >= 4 is 0 Å². The summed E-state index contributed by atoms with van der Waals surface area (Å²) in [7, 11) is 0. The van der Waals surface area contributed by atoms with Gasteiger partial charge in [-0.1, -0.05) is 39.8 Å². The minimum absolute atomic E-state index is 0.594. The van der Waals surface area contributed by atoms with E-state index < -0.39 is 0 Å². The Kier molecular flexibility index (Phi) is 5.32. The highest BCUT2D eigenvalue weighted by Gasteiger charge is 1.87. The molecule has 1 heteroatoms. The lowest BCUT2D eigenvalue weighted by Crippen LogP contribution is -2.22. The molecule has 10 heavy (non-hydrogen) atoms. The van der Waals surface area contributed by atoms with Gasteiger partial charge in [0.05, 0.1) is 0 Å². The Bertz CT molecular complexity index is 92.9. The third kappa shape index (κ3) is 7.70. The monoisotopic (exact) mass is 141 g/mol. The summed E-state index contributed by atoms with van der Waals surface area (Å²) in [6.45, 7) is 9.68. The SMILES string of the molecule is CC(C)/C=C/CNC(C)C. The highest BCUT2D eigenvalue weighted by Crippen LogP contribution is 1.91. The molecule has 0 radical (unpaired) electrons. The Hall–Kier alpha value is -0.300. The number of nitrogens with one attached hydrogen (secondary N) is 1. The first-order valence-corrected chi connectivity index (χ1v) is 4.03. The smallest absolute Gasteiger partial charge is 0.0137 e. The largest absolute Gasteiger partial charge is 0.311 e. The molecule has 0 heterocycles. The van der Waals surface area contributed by atoms with Crippen LogP contribution in [0.5, 0.6) is 0 Å². The highest BCUT2D eigenvalue weighted by molar-refractivity contribution is 4.86. The van der Waals surface area contributed by atoms with Gasteiger partial charge >= 0.3 is 0 Å². The van der Waals surface area contributed by atoms with Crippen LogP contribution in [0.2, 0.25) is 0 Å². The maximum absolute atomic E-state index is 3.31. The molecule has 0 amide bonds. The minimum atomic E-state index is 0.594. The van der Waals surface area contributed by atoms with Crippen LogP contribution in [0.3, 0.4) is 0 Å². The second-order valence-corrected chi connectivity index (χ2v) is 3.24. The van der Waals surface area contributed by atoms with Gasteiger partial charge in [-0.3, -0.25) is 0 Å². The van der Waals surface area contributed by atoms with Crippen molar-refractivity contribution in [1.29, 1.82) is 0 Å². The van der Waals surface area contributed by atoms with Crippen molar-refractivity contribution in [3.63, 3.8) is 0 Å². The van der Waals surface area contributed by atoms with Crippen LogP contribution in [0.25, 0.3) is 0 Å². The lowest BCUT2D eigenvalue weighted by molar-refractivity contribution is 0.630. The summed E-state index contributed by atoms with van der Waals surface area (Å²) in [5, 5.41) is 3.31. The third-order valence-electron chi connectivity index (χ3n) is 1.16. The number of rotatable bonds is 4. The van der Waals surface area contributed by atoms with E-state index in [1.807, 2.05) is 0 Å². The Morgan fingerprint density at radius 1 is 1.20 bits per heavy atom. The molecule has 0 bridgehead atoms. The maximum Gasteiger partial charge on any atom is 0.0137 e. The molecule has 0 saturated heterocycles. The minimum Gasteiger partial charge on any atom is -0.311 e. The van der Waals surface area contributed by atoms with Crippen molar-refractivity contribution < 1.29 is 0 Å². The summed E-state index contributed by atoms with van der Waals surface area (Å²) in [4.78, 5) is 0. The Morgan fingerprint density at radius 2 is 1.80 bits per heavy atom. The molecular weight excluding hydrogens is 122 g/mol. The molecule has 0 saturated carbocycles. The summed E-state index contributed by atoms with van der Waals surface area (Å²) in [5.74, 6) is 0.675. The summed E-state index contributed by atoms with van der Waals surface area (Å²) in [5.41, 5.74) is 0. The molecule has 0 fully saturated rings. The van der Waals surface area contributed by atoms with Gasteiger partial charge in [0.1, 0.15) is 0 Å². The first kappa shape index (κ1) is 9.70. The van der Waals surface area contributed by atoms with E-state index in [4.69, 9.17) is 0 Å². The summed E-state index contributed by atoms with van der Waals surface area (Å²) in [6, 6.07) is 0.594. The van der Waals surface area contributed by atoms with Gasteiger partial charge in [0.15, 0.2) is 0 Å². The average Bonchev–Trinajstić information content (AvgIpc) is 1.79. The molecular formula is C9H19N. The van der Waals surface area contributed by atoms with Crippen molar-refractivity contribution in [3.8, 4) is 0 Å². The van der Waals surface area contributed by atoms with E-state index in [1.54, 1.807) is 0 Å². The Balaban J connectivity index is 3.19. The topological polar surface area (TPSA) is 12.0 Å². The fourth-order valence-corrected chi connectivity index (χ4v) is 0.644. The van der Waals surface area contributed by atoms with E-state index in [-0.39, 0.29) is 0 Å². The van der Waals surface area contributed by atoms with Crippen LogP contribution >= 0.6 is 0 Å². The van der Waals surface area contributed by atoms with E-state index in [2.05, 4.69) is 45.2 Å². The second kappa shape index (κ2) is 5.48. The lowest BCUT2D eigenvalue weighted by Gasteiger charge is -2.03. The van der Waals surface area contributed by atoms with Gasteiger partial charge in [-0.15, -0.1) is 0 Å². The van der Waals surface area contributed by atoms with Gasteiger partial charge in [-0.05, 0) is 5.92 Å². The van der Waals surface area contributed by atoms with Crippen LogP contribution in [-0.2, 0) is 0 Å². The number of hydrogen-bond donors (Lipinski definition) is 1. The summed E-state index contributed by atoms with van der Waals surface area (Å²) in [6.07, 6.45) is 4.40. The van der Waals surface area contributed by atoms with Gasteiger partial charge in [-0.2, -0.15) is 0 Å². The molecule has 1 nitrogen and oxygen atoms in total. The summed E-state index contributed by atoms with van der Waals surface area (Å²) < 4.78 is 0. The number of allylic oxidation sites excluding steroid dienone is 1. The first-order valence-electron chi connectivity index (χ1n) is 4.03. The Labute approximate surface area is 64.5 Å². The molecule has 0 atom stereocenters. The predicted octanol–water partition coefficient (Wildman–Crippen LogP) is 2.20. The zero-order chi connectivity index (χ0) is 7.98. The van der Waals surface area contributed by atoms with Crippen molar-refractivity contribution in [2.45, 2.75) is 33.7 Å². The molecule has 0 aromatic heterocycles. The average molecular weight is 141 g/mol. The van der Waals surface area contributed by atoms with Crippen LogP contribution in [0, 0.1) is 5.92 Å². The molecule has 0 aliphatic heterocycles. The van der Waals surface area contributed by atoms with Crippen LogP contribution in [0.1, 0.15) is 27.7 Å². The molecule has 0 aromatic carbocycles. The molecule has 0 rings (SSSR count). The van der Waals surface area contributed by atoms with Gasteiger partial charge in [-0.25, -0.2) is 0 Å². The van der Waals surface area contributed by atoms with Crippen LogP contribution < -0.4 is 5.32 Å². The van der Waals surface area contributed by atoms with Gasteiger partial charge in [0, 0.05) is 12.6 Å². The van der Waals surface area contributed by atoms with Crippen LogP contribution in [0.4, 0.5) is 0 Å². The predicted molar refractivity (Wildman–Crippen MR) is 47.1 cm³/mol. The zero-order valence-electron chi connectivity index (χ0n) is 7.52. The van der Waals surface area contributed by atoms with Gasteiger partial charge in [0.25, 0.3) is 0 Å². The molecule has 0 spiro atoms. The first-order chi connectivity index (χ1) is 4.63. The zero-order valence-corrected chi connectivity index (χ0v) is 7.52. The molecule has 1 N–H and O–H groups in total. The number of hydrogen-bond acceptors (Lipinski definition) is 1. The van der Waals surface area contributed by atoms with E-state index >= 15 is 0 Å². The van der Waals surface area contributed by atoms with Crippen LogP contribution in [0.15, 0.2) is 12.2 Å². The fourth-order valence-electron chi connectivity index (χ4n) is 0.644. The standard InChI is InChI=1S/C9H19N/c1-8(2)6-5-7-10-9(3)4/h5-6,8-10H,7H2,1-4H3/b6-5+. The Morgan fingerprint density at radius 3 is 2.20 bits per heavy atom. The molecule has 60 valence electrons. The van der Waals surface area contributed by atoms with E-state index in [0.717, 1.165) is 6.54 Å². The third-order valence-corrected chi connectivity index (χ3v) is 1.16. The normalized spacial score (nSPS) is 12.2. The fraction of sp³-hybridized carbons (Fsp3) is 0.778. The van der Waals surface area contributed by atoms with E-state index in [9.17, 15) is 0 Å². The molecule has 0 aliphatic carbocycles. The van der Waals surface area contributed by atoms with Crippen LogP contribution in [-0.4, -0.2) is 12.6 Å². The van der Waals surface area contributed by atoms with E-state index in [0.29, 0.717) is 12.0 Å². The van der Waals surface area contributed by atoms with Crippen molar-refractivity contribution in [2.75, 3.05) is 6.54 Å². The van der Waals surface area contributed by atoms with Crippen molar-refractivity contribution in [2.24, 2.45) is 5.92 Å². The van der Waals surface area contributed by atoms with Crippen molar-refractivity contribution in [1.82, 2.24) is 5.32 Å². The summed E-state index contributed by atoms with van der Waals surface area (Å²) >= 11 is 0. The lowest BCUT2D eigenvalue weighted by atomic mass is 10.2. The molecule has 0 unspecified atom stereocenters. The quantitative estimate of drug-likeness (QED) is 0.592. The molecule has 0 aliphatic rings. The second-order valence-electron chi connectivity index (χ2n) is 3.24.